The van der Waals surface area contributed by atoms with Crippen molar-refractivity contribution in [3.8, 4) is 0 Å². The van der Waals surface area contributed by atoms with Gasteiger partial charge >= 0.3 is 5.97 Å². The molecule has 8 nitrogen and oxygen atoms in total. The van der Waals surface area contributed by atoms with Crippen LogP contribution in [0.1, 0.15) is 82.8 Å². The molecule has 1 amide bonds. The van der Waals surface area contributed by atoms with E-state index >= 15 is 4.39 Å². The number of benzene rings is 1. The Labute approximate surface area is 266 Å². The topological polar surface area (TPSA) is 107 Å². The van der Waals surface area contributed by atoms with Gasteiger partial charge < -0.3 is 14.8 Å². The van der Waals surface area contributed by atoms with Gasteiger partial charge in [0.05, 0.1) is 19.8 Å². The zero-order valence-corrected chi connectivity index (χ0v) is 26.9. The second-order valence-electron chi connectivity index (χ2n) is 13.9. The zero-order chi connectivity index (χ0) is 31.7. The van der Waals surface area contributed by atoms with Gasteiger partial charge in [-0.15, -0.1) is 0 Å². The summed E-state index contributed by atoms with van der Waals surface area (Å²) in [7, 11) is 1.33. The van der Waals surface area contributed by atoms with Crippen LogP contribution in [-0.4, -0.2) is 53.5 Å². The average molecular weight is 647 g/mol. The number of anilines is 1. The van der Waals surface area contributed by atoms with Crippen LogP contribution in [0.15, 0.2) is 30.5 Å². The van der Waals surface area contributed by atoms with E-state index in [1.807, 2.05) is 6.07 Å². The number of pyridine rings is 1. The Balaban J connectivity index is 1.46. The standard InChI is InChI=1S/C33H38Cl2FN3O5/c1-30(2)10-12-32(13-11-30)33(21-6-5-19(34)16-22(21)38-28(33)41)24(20-8-14-37-27(35)25(20)36)26(39-32)23(40)15-18-7-9-31(3,44-17-18)29(42)43-4/h5-6,8,14,16,18,24,26,39H,7,9-13,15,17H2,1-4H3,(H,38,41)/t18-,24-,26-,31?,33+/m0/s1. The van der Waals surface area contributed by atoms with E-state index < -0.39 is 40.3 Å². The number of nitrogens with one attached hydrogen (secondary N) is 2. The number of methoxy groups -OCH3 is 1. The van der Waals surface area contributed by atoms with Crippen LogP contribution in [0.25, 0.3) is 0 Å². The first kappa shape index (κ1) is 31.4. The van der Waals surface area contributed by atoms with E-state index in [1.54, 1.807) is 19.1 Å². The average Bonchev–Trinajstić information content (AvgIpc) is 3.44. The Hall–Kier alpha value is -2.59. The molecule has 2 spiro atoms. The Morgan fingerprint density at radius 3 is 2.50 bits per heavy atom. The fraction of sp³-hybridized carbons (Fsp3) is 0.576. The first-order valence-electron chi connectivity index (χ1n) is 15.2. The second kappa shape index (κ2) is 11.0. The third kappa shape index (κ3) is 4.77. The number of amides is 1. The number of carbonyl (C=O) groups is 3. The van der Waals surface area contributed by atoms with E-state index in [-0.39, 0.29) is 46.8 Å². The van der Waals surface area contributed by atoms with Crippen molar-refractivity contribution in [2.75, 3.05) is 19.0 Å². The van der Waals surface area contributed by atoms with Crippen LogP contribution in [-0.2, 0) is 29.3 Å². The quantitative estimate of drug-likeness (QED) is 0.298. The van der Waals surface area contributed by atoms with E-state index in [2.05, 4.69) is 29.5 Å². The van der Waals surface area contributed by atoms with Crippen LogP contribution in [0.2, 0.25) is 10.2 Å². The number of carbonyl (C=O) groups excluding carboxylic acids is 3. The first-order valence-corrected chi connectivity index (χ1v) is 16.0. The maximum absolute atomic E-state index is 16.1. The summed E-state index contributed by atoms with van der Waals surface area (Å²) in [5.74, 6) is -2.69. The van der Waals surface area contributed by atoms with Crippen molar-refractivity contribution < 1.29 is 28.2 Å². The highest BCUT2D eigenvalue weighted by Gasteiger charge is 2.72. The zero-order valence-electron chi connectivity index (χ0n) is 25.4. The molecule has 3 fully saturated rings. The molecule has 2 saturated heterocycles. The van der Waals surface area contributed by atoms with Crippen molar-refractivity contribution in [2.45, 2.75) is 94.2 Å². The highest BCUT2D eigenvalue weighted by atomic mass is 35.5. The van der Waals surface area contributed by atoms with Gasteiger partial charge in [0.2, 0.25) is 5.91 Å². The molecule has 0 radical (unpaired) electrons. The molecule has 0 bridgehead atoms. The summed E-state index contributed by atoms with van der Waals surface area (Å²) in [4.78, 5) is 45.3. The van der Waals surface area contributed by atoms with Crippen LogP contribution in [0.4, 0.5) is 10.1 Å². The number of hydrogen-bond donors (Lipinski definition) is 2. The lowest BCUT2D eigenvalue weighted by Gasteiger charge is -2.50. The first-order chi connectivity index (χ1) is 20.8. The van der Waals surface area contributed by atoms with Crippen LogP contribution in [0, 0.1) is 17.2 Å². The molecule has 1 saturated carbocycles. The number of Topliss-reactive ketones (excluding diaryl/α,β-unsaturated/α-hetero) is 1. The predicted octanol–water partition coefficient (Wildman–Crippen LogP) is 6.13. The van der Waals surface area contributed by atoms with Crippen molar-refractivity contribution in [3.63, 3.8) is 0 Å². The smallest absolute Gasteiger partial charge is 0.337 e. The highest BCUT2D eigenvalue weighted by molar-refractivity contribution is 6.31. The number of ether oxygens (including phenoxy) is 2. The van der Waals surface area contributed by atoms with Gasteiger partial charge in [0.1, 0.15) is 5.41 Å². The molecule has 2 aromatic rings. The summed E-state index contributed by atoms with van der Waals surface area (Å²) in [5.41, 5.74) is -1.74. The van der Waals surface area contributed by atoms with Gasteiger partial charge in [-0.3, -0.25) is 14.9 Å². The minimum atomic E-state index is -1.32. The summed E-state index contributed by atoms with van der Waals surface area (Å²) >= 11 is 12.6. The minimum absolute atomic E-state index is 0.0422. The normalized spacial score (nSPS) is 32.0. The number of ketones is 1. The molecule has 5 atom stereocenters. The summed E-state index contributed by atoms with van der Waals surface area (Å²) in [6.45, 7) is 6.31. The summed E-state index contributed by atoms with van der Waals surface area (Å²) in [5, 5.41) is 6.91. The van der Waals surface area contributed by atoms with E-state index in [4.69, 9.17) is 32.7 Å². The number of nitrogens with zero attached hydrogens (tertiary/aromatic N) is 1. The maximum atomic E-state index is 16.1. The van der Waals surface area contributed by atoms with E-state index in [0.29, 0.717) is 42.0 Å². The lowest BCUT2D eigenvalue weighted by atomic mass is 9.53. The van der Waals surface area contributed by atoms with Crippen molar-refractivity contribution in [1.82, 2.24) is 10.3 Å². The van der Waals surface area contributed by atoms with Gasteiger partial charge in [-0.1, -0.05) is 43.1 Å². The van der Waals surface area contributed by atoms with Crippen molar-refractivity contribution in [3.05, 3.63) is 57.6 Å². The number of fused-ring (bicyclic) bond motifs is 3. The summed E-state index contributed by atoms with van der Waals surface area (Å²) < 4.78 is 26.9. The minimum Gasteiger partial charge on any atom is -0.467 e. The number of halogens is 3. The molecule has 44 heavy (non-hydrogen) atoms. The third-order valence-corrected chi connectivity index (χ3v) is 11.3. The van der Waals surface area contributed by atoms with E-state index in [1.165, 1.54) is 19.4 Å². The molecule has 1 aromatic carbocycles. The van der Waals surface area contributed by atoms with Gasteiger partial charge in [0, 0.05) is 34.8 Å². The Morgan fingerprint density at radius 1 is 1.11 bits per heavy atom. The molecule has 2 N–H and O–H groups in total. The molecule has 1 unspecified atom stereocenters. The number of aromatic nitrogens is 1. The molecule has 4 heterocycles. The predicted molar refractivity (Wildman–Crippen MR) is 164 cm³/mol. The monoisotopic (exact) mass is 645 g/mol. The van der Waals surface area contributed by atoms with Crippen LogP contribution < -0.4 is 10.6 Å². The van der Waals surface area contributed by atoms with Crippen LogP contribution in [0.5, 0.6) is 0 Å². The van der Waals surface area contributed by atoms with Gasteiger partial charge in [0.25, 0.3) is 0 Å². The third-order valence-electron chi connectivity index (χ3n) is 10.8. The molecular weight excluding hydrogens is 608 g/mol. The van der Waals surface area contributed by atoms with Crippen molar-refractivity contribution >= 4 is 46.5 Å². The van der Waals surface area contributed by atoms with Gasteiger partial charge in [0.15, 0.2) is 22.4 Å². The maximum Gasteiger partial charge on any atom is 0.337 e. The Kier molecular flexibility index (Phi) is 7.88. The highest BCUT2D eigenvalue weighted by Crippen LogP contribution is 2.64. The molecule has 1 aromatic heterocycles. The second-order valence-corrected chi connectivity index (χ2v) is 14.7. The lowest BCUT2D eigenvalue weighted by molar-refractivity contribution is -0.176. The fourth-order valence-electron chi connectivity index (χ4n) is 8.26. The molecule has 3 aliphatic heterocycles. The molecule has 4 aliphatic rings. The van der Waals surface area contributed by atoms with Crippen LogP contribution >= 0.6 is 23.2 Å². The van der Waals surface area contributed by atoms with Crippen LogP contribution in [0.3, 0.4) is 0 Å². The summed E-state index contributed by atoms with van der Waals surface area (Å²) in [6, 6.07) is 5.92. The van der Waals surface area contributed by atoms with E-state index in [9.17, 15) is 14.4 Å². The van der Waals surface area contributed by atoms with Crippen molar-refractivity contribution in [1.29, 1.82) is 0 Å². The molecular formula is C33H38Cl2FN3O5. The van der Waals surface area contributed by atoms with E-state index in [0.717, 1.165) is 12.8 Å². The van der Waals surface area contributed by atoms with Gasteiger partial charge in [-0.05, 0) is 86.1 Å². The molecule has 6 rings (SSSR count). The molecule has 1 aliphatic carbocycles. The largest absolute Gasteiger partial charge is 0.467 e. The fourth-order valence-corrected chi connectivity index (χ4v) is 8.60. The molecule has 11 heteroatoms. The lowest BCUT2D eigenvalue weighted by Crippen LogP contribution is -2.61. The number of esters is 1. The summed E-state index contributed by atoms with van der Waals surface area (Å²) in [6.07, 6.45) is 5.40. The SMILES string of the molecule is COC(=O)C1(C)CC[C@@H](CC(=O)[C@@H]2NC3(CCC(C)(C)CC3)[C@@]3(C(=O)Nc4cc(Cl)ccc43)[C@H]2c2ccnc(Cl)c2F)CO1. The van der Waals surface area contributed by atoms with Crippen molar-refractivity contribution in [2.24, 2.45) is 11.3 Å². The Morgan fingerprint density at radius 2 is 1.84 bits per heavy atom. The number of rotatable bonds is 5. The molecule has 236 valence electrons. The Bertz CT molecular complexity index is 1510. The number of hydrogen-bond acceptors (Lipinski definition) is 7. The van der Waals surface area contributed by atoms with Gasteiger partial charge in [-0.2, -0.15) is 0 Å². The van der Waals surface area contributed by atoms with Gasteiger partial charge in [-0.25, -0.2) is 14.2 Å².